The summed E-state index contributed by atoms with van der Waals surface area (Å²) in [6, 6.07) is 0. The zero-order valence-electron chi connectivity index (χ0n) is 56.8. The first-order valence-electron chi connectivity index (χ1n) is 38.2. The van der Waals surface area contributed by atoms with Gasteiger partial charge in [0.15, 0.2) is 6.10 Å². The molecule has 0 aromatic carbocycles. The number of allylic oxidation sites excluding steroid dienone is 2. The van der Waals surface area contributed by atoms with Crippen molar-refractivity contribution >= 4 is 17.9 Å². The zero-order valence-corrected chi connectivity index (χ0v) is 56.8. The Morgan fingerprint density at radius 2 is 0.410 bits per heavy atom. The summed E-state index contributed by atoms with van der Waals surface area (Å²) in [6.45, 7) is 6.69. The van der Waals surface area contributed by atoms with E-state index in [9.17, 15) is 14.4 Å². The van der Waals surface area contributed by atoms with Gasteiger partial charge in [-0.3, -0.25) is 14.4 Å². The van der Waals surface area contributed by atoms with E-state index in [1.54, 1.807) is 0 Å². The van der Waals surface area contributed by atoms with Crippen molar-refractivity contribution in [3.8, 4) is 0 Å². The molecule has 0 amide bonds. The van der Waals surface area contributed by atoms with Crippen molar-refractivity contribution in [3.05, 3.63) is 12.2 Å². The van der Waals surface area contributed by atoms with Crippen LogP contribution in [0, 0.1) is 0 Å². The average Bonchev–Trinajstić information content (AvgIpc) is 3.48. The van der Waals surface area contributed by atoms with Crippen LogP contribution < -0.4 is 0 Å². The molecule has 1 unspecified atom stereocenters. The highest BCUT2D eigenvalue weighted by Gasteiger charge is 2.20. The SMILES string of the molecule is CCCC/C=C\CCCCCCCC(=O)OCC(COC(=O)CCCCCCCCCCCCCCCCCCCCCCCCCCCCCCCCCCC)OC(=O)CCCCCCCCCCCCCCCCCCCCCCC. The molecule has 6 heteroatoms. The highest BCUT2D eigenvalue weighted by atomic mass is 16.6. The Morgan fingerprint density at radius 1 is 0.229 bits per heavy atom. The van der Waals surface area contributed by atoms with Crippen molar-refractivity contribution in [2.75, 3.05) is 13.2 Å². The number of carbonyl (C=O) groups excluding carboxylic acids is 3. The molecular formula is C77H148O6. The van der Waals surface area contributed by atoms with Crippen LogP contribution in [0.3, 0.4) is 0 Å². The van der Waals surface area contributed by atoms with E-state index in [0.717, 1.165) is 64.2 Å². The monoisotopic (exact) mass is 1170 g/mol. The molecular weight excluding hydrogens is 1020 g/mol. The Bertz CT molecular complexity index is 1300. The minimum absolute atomic E-state index is 0.0658. The molecule has 0 aliphatic rings. The van der Waals surface area contributed by atoms with Crippen LogP contribution >= 0.6 is 0 Å². The standard InChI is InChI=1S/C77H148O6/c1-4-7-10-13-16-19-22-24-26-28-30-32-33-34-35-36-37-38-39-40-41-42-43-45-46-48-50-52-55-58-61-64-67-70-76(79)82-73-74(72-81-75(78)69-66-63-60-57-54-21-18-15-12-9-6-3)83-77(80)71-68-65-62-59-56-53-51-49-47-44-31-29-27-25-23-20-17-14-11-8-5-2/h15,18,74H,4-14,16-17,19-73H2,1-3H3/b18-15-. The molecule has 83 heavy (non-hydrogen) atoms. The number of ether oxygens (including phenoxy) is 3. The molecule has 0 fully saturated rings. The molecule has 0 aromatic rings. The van der Waals surface area contributed by atoms with Crippen LogP contribution in [-0.2, 0) is 28.6 Å². The summed E-state index contributed by atoms with van der Waals surface area (Å²) >= 11 is 0. The van der Waals surface area contributed by atoms with Crippen LogP contribution in [0.15, 0.2) is 12.2 Å². The van der Waals surface area contributed by atoms with E-state index < -0.39 is 6.10 Å². The summed E-state index contributed by atoms with van der Waals surface area (Å²) in [5.41, 5.74) is 0. The van der Waals surface area contributed by atoms with Gasteiger partial charge in [0, 0.05) is 19.3 Å². The van der Waals surface area contributed by atoms with E-state index in [4.69, 9.17) is 14.2 Å². The van der Waals surface area contributed by atoms with Gasteiger partial charge in [0.2, 0.25) is 0 Å². The van der Waals surface area contributed by atoms with Gasteiger partial charge in [-0.05, 0) is 38.5 Å². The molecule has 0 saturated heterocycles. The lowest BCUT2D eigenvalue weighted by atomic mass is 10.0. The third-order valence-electron chi connectivity index (χ3n) is 17.8. The van der Waals surface area contributed by atoms with Crippen LogP contribution in [0.4, 0.5) is 0 Å². The lowest BCUT2D eigenvalue weighted by molar-refractivity contribution is -0.167. The topological polar surface area (TPSA) is 78.9 Å². The van der Waals surface area contributed by atoms with E-state index in [2.05, 4.69) is 32.9 Å². The summed E-state index contributed by atoms with van der Waals surface area (Å²) in [5.74, 6) is -0.840. The van der Waals surface area contributed by atoms with Crippen molar-refractivity contribution in [3.63, 3.8) is 0 Å². The number of rotatable bonds is 72. The van der Waals surface area contributed by atoms with Gasteiger partial charge in [0.05, 0.1) is 0 Å². The quantitative estimate of drug-likeness (QED) is 0.0261. The highest BCUT2D eigenvalue weighted by molar-refractivity contribution is 5.71. The predicted octanol–water partition coefficient (Wildman–Crippen LogP) is 26.3. The fourth-order valence-electron chi connectivity index (χ4n) is 12.0. The molecule has 1 atom stereocenters. The number of esters is 3. The summed E-state index contributed by atoms with van der Waals surface area (Å²) in [6.07, 6.45) is 88.6. The second-order valence-corrected chi connectivity index (χ2v) is 26.3. The van der Waals surface area contributed by atoms with Crippen molar-refractivity contribution in [1.29, 1.82) is 0 Å². The van der Waals surface area contributed by atoms with Gasteiger partial charge in [0.25, 0.3) is 0 Å². The molecule has 0 saturated carbocycles. The number of hydrogen-bond acceptors (Lipinski definition) is 6. The van der Waals surface area contributed by atoms with E-state index in [0.29, 0.717) is 19.3 Å². The molecule has 492 valence electrons. The van der Waals surface area contributed by atoms with E-state index in [-0.39, 0.29) is 31.1 Å². The smallest absolute Gasteiger partial charge is 0.306 e. The molecule has 0 radical (unpaired) electrons. The fraction of sp³-hybridized carbons (Fsp3) is 0.935. The third-order valence-corrected chi connectivity index (χ3v) is 17.8. The molecule has 6 nitrogen and oxygen atoms in total. The first kappa shape index (κ1) is 81.2. The molecule has 0 spiro atoms. The second kappa shape index (κ2) is 72.6. The molecule has 0 heterocycles. The van der Waals surface area contributed by atoms with Gasteiger partial charge >= 0.3 is 17.9 Å². The maximum atomic E-state index is 12.9. The van der Waals surface area contributed by atoms with Crippen molar-refractivity contribution in [2.24, 2.45) is 0 Å². The Hall–Kier alpha value is -1.85. The lowest BCUT2D eigenvalue weighted by Crippen LogP contribution is -2.30. The highest BCUT2D eigenvalue weighted by Crippen LogP contribution is 2.20. The largest absolute Gasteiger partial charge is 0.462 e. The predicted molar refractivity (Wildman–Crippen MR) is 363 cm³/mol. The Labute approximate surface area is 520 Å². The molecule has 0 aromatic heterocycles. The van der Waals surface area contributed by atoms with Gasteiger partial charge in [-0.2, -0.15) is 0 Å². The van der Waals surface area contributed by atoms with Gasteiger partial charge in [-0.25, -0.2) is 0 Å². The van der Waals surface area contributed by atoms with Crippen LogP contribution in [0.2, 0.25) is 0 Å². The van der Waals surface area contributed by atoms with Crippen molar-refractivity contribution in [2.45, 2.75) is 451 Å². The minimum atomic E-state index is -0.770. The number of unbranched alkanes of at least 4 members (excludes halogenated alkanes) is 59. The van der Waals surface area contributed by atoms with Gasteiger partial charge in [0.1, 0.15) is 13.2 Å². The second-order valence-electron chi connectivity index (χ2n) is 26.3. The summed E-state index contributed by atoms with van der Waals surface area (Å²) in [4.78, 5) is 38.4. The van der Waals surface area contributed by atoms with Crippen LogP contribution in [-0.4, -0.2) is 37.2 Å². The van der Waals surface area contributed by atoms with Crippen LogP contribution in [0.25, 0.3) is 0 Å². The third kappa shape index (κ3) is 70.8. The Balaban J connectivity index is 4.04. The Morgan fingerprint density at radius 3 is 0.639 bits per heavy atom. The first-order valence-corrected chi connectivity index (χ1v) is 38.2. The normalized spacial score (nSPS) is 12.0. The van der Waals surface area contributed by atoms with E-state index in [1.165, 1.54) is 340 Å². The minimum Gasteiger partial charge on any atom is -0.462 e. The van der Waals surface area contributed by atoms with Crippen molar-refractivity contribution in [1.82, 2.24) is 0 Å². The molecule has 0 bridgehead atoms. The van der Waals surface area contributed by atoms with E-state index >= 15 is 0 Å². The zero-order chi connectivity index (χ0) is 59.9. The summed E-state index contributed by atoms with van der Waals surface area (Å²) < 4.78 is 17.0. The fourth-order valence-corrected chi connectivity index (χ4v) is 12.0. The van der Waals surface area contributed by atoms with E-state index in [1.807, 2.05) is 0 Å². The summed E-state index contributed by atoms with van der Waals surface area (Å²) in [7, 11) is 0. The Kier molecular flexibility index (Phi) is 71.0. The first-order chi connectivity index (χ1) is 41.0. The van der Waals surface area contributed by atoms with Crippen LogP contribution in [0.5, 0.6) is 0 Å². The van der Waals surface area contributed by atoms with Gasteiger partial charge < -0.3 is 14.2 Å². The maximum Gasteiger partial charge on any atom is 0.306 e. The molecule has 0 rings (SSSR count). The van der Waals surface area contributed by atoms with Crippen molar-refractivity contribution < 1.29 is 28.6 Å². The number of carbonyl (C=O) groups is 3. The number of hydrogen-bond donors (Lipinski definition) is 0. The maximum absolute atomic E-state index is 12.9. The summed E-state index contributed by atoms with van der Waals surface area (Å²) in [5, 5.41) is 0. The van der Waals surface area contributed by atoms with Gasteiger partial charge in [-0.1, -0.05) is 399 Å². The van der Waals surface area contributed by atoms with Crippen LogP contribution in [0.1, 0.15) is 445 Å². The average molecular weight is 1170 g/mol. The lowest BCUT2D eigenvalue weighted by Gasteiger charge is -2.18. The molecule has 0 aliphatic carbocycles. The molecule has 0 N–H and O–H groups in total. The molecule has 0 aliphatic heterocycles. The van der Waals surface area contributed by atoms with Gasteiger partial charge in [-0.15, -0.1) is 0 Å².